The molecule has 15 heavy (non-hydrogen) atoms. The van der Waals surface area contributed by atoms with Crippen LogP contribution in [0.3, 0.4) is 0 Å². The monoisotopic (exact) mass is 215 g/mol. The predicted molar refractivity (Wildman–Crippen MR) is 57.9 cm³/mol. The highest BCUT2D eigenvalue weighted by Gasteiger charge is 2.35. The fourth-order valence-electron chi connectivity index (χ4n) is 1.70. The average Bonchev–Trinajstić information content (AvgIpc) is 2.13. The molecule has 4 heteroatoms. The quantitative estimate of drug-likeness (QED) is 0.598. The molecule has 0 aliphatic heterocycles. The maximum absolute atomic E-state index is 10.7. The van der Waals surface area contributed by atoms with Crippen molar-refractivity contribution >= 4 is 5.97 Å². The lowest BCUT2D eigenvalue weighted by Crippen LogP contribution is -2.48. The fourth-order valence-corrected chi connectivity index (χ4v) is 1.70. The van der Waals surface area contributed by atoms with Crippen LogP contribution >= 0.6 is 0 Å². The van der Waals surface area contributed by atoms with E-state index in [1.165, 1.54) is 0 Å². The molecule has 2 N–H and O–H groups in total. The summed E-state index contributed by atoms with van der Waals surface area (Å²) in [5.41, 5.74) is 0. The normalized spacial score (nSPS) is 24.9. The van der Waals surface area contributed by atoms with E-state index in [1.54, 1.807) is 0 Å². The maximum Gasteiger partial charge on any atom is 0.308 e. The van der Waals surface area contributed by atoms with Gasteiger partial charge in [-0.15, -0.1) is 0 Å². The number of hydrogen-bond donors (Lipinski definition) is 2. The van der Waals surface area contributed by atoms with Crippen LogP contribution in [0.1, 0.15) is 32.6 Å². The molecule has 4 nitrogen and oxygen atoms in total. The van der Waals surface area contributed by atoms with Crippen LogP contribution in [0.2, 0.25) is 0 Å². The Balaban J connectivity index is 1.94. The molecule has 0 heterocycles. The minimum absolute atomic E-state index is 0.164. The third kappa shape index (κ3) is 4.18. The van der Waals surface area contributed by atoms with Crippen molar-refractivity contribution in [1.29, 1.82) is 0 Å². The molecular formula is C11H21NO3. The molecule has 0 aromatic carbocycles. The van der Waals surface area contributed by atoms with E-state index < -0.39 is 5.97 Å². The number of nitrogens with one attached hydrogen (secondary N) is 1. The summed E-state index contributed by atoms with van der Waals surface area (Å²) in [7, 11) is 0. The van der Waals surface area contributed by atoms with E-state index in [1.807, 2.05) is 0 Å². The van der Waals surface area contributed by atoms with Crippen molar-refractivity contribution in [3.8, 4) is 0 Å². The van der Waals surface area contributed by atoms with Crippen LogP contribution < -0.4 is 5.32 Å². The molecule has 1 aliphatic carbocycles. The van der Waals surface area contributed by atoms with E-state index in [2.05, 4.69) is 12.2 Å². The molecule has 0 spiro atoms. The number of hydrogen-bond acceptors (Lipinski definition) is 3. The molecular weight excluding hydrogens is 194 g/mol. The summed E-state index contributed by atoms with van der Waals surface area (Å²) in [4.78, 5) is 10.7. The van der Waals surface area contributed by atoms with Gasteiger partial charge in [0.2, 0.25) is 0 Å². The van der Waals surface area contributed by atoms with Crippen molar-refractivity contribution in [3.63, 3.8) is 0 Å². The molecule has 2 atom stereocenters. The Labute approximate surface area is 91.0 Å². The van der Waals surface area contributed by atoms with E-state index >= 15 is 0 Å². The third-order valence-corrected chi connectivity index (χ3v) is 2.89. The first-order valence-corrected chi connectivity index (χ1v) is 5.79. The number of aliphatic carboxylic acids is 1. The van der Waals surface area contributed by atoms with E-state index in [0.717, 1.165) is 38.8 Å². The number of rotatable bonds is 8. The second-order valence-electron chi connectivity index (χ2n) is 4.05. The zero-order valence-corrected chi connectivity index (χ0v) is 9.37. The SMILES string of the molecule is CCCCOCCNC1CCC1C(=O)O. The summed E-state index contributed by atoms with van der Waals surface area (Å²) in [5, 5.41) is 12.0. The van der Waals surface area contributed by atoms with Gasteiger partial charge in [0.05, 0.1) is 12.5 Å². The first kappa shape index (κ1) is 12.5. The minimum atomic E-state index is -0.675. The average molecular weight is 215 g/mol. The first-order chi connectivity index (χ1) is 7.25. The molecule has 1 saturated carbocycles. The molecule has 0 aromatic rings. The van der Waals surface area contributed by atoms with Gasteiger partial charge < -0.3 is 15.2 Å². The van der Waals surface area contributed by atoms with Gasteiger partial charge in [-0.2, -0.15) is 0 Å². The lowest BCUT2D eigenvalue weighted by molar-refractivity contribution is -0.146. The van der Waals surface area contributed by atoms with Crippen LogP contribution in [-0.4, -0.2) is 36.9 Å². The van der Waals surface area contributed by atoms with Crippen molar-refractivity contribution in [1.82, 2.24) is 5.32 Å². The number of carbonyl (C=O) groups is 1. The third-order valence-electron chi connectivity index (χ3n) is 2.89. The smallest absolute Gasteiger partial charge is 0.308 e. The van der Waals surface area contributed by atoms with E-state index in [9.17, 15) is 4.79 Å². The van der Waals surface area contributed by atoms with E-state index in [4.69, 9.17) is 9.84 Å². The molecule has 0 radical (unpaired) electrons. The number of unbranched alkanes of at least 4 members (excludes halogenated alkanes) is 1. The first-order valence-electron chi connectivity index (χ1n) is 5.79. The summed E-state index contributed by atoms with van der Waals surface area (Å²) >= 11 is 0. The molecule has 0 aromatic heterocycles. The molecule has 0 bridgehead atoms. The van der Waals surface area contributed by atoms with E-state index in [-0.39, 0.29) is 12.0 Å². The molecule has 88 valence electrons. The Hall–Kier alpha value is -0.610. The van der Waals surface area contributed by atoms with Gasteiger partial charge in [-0.3, -0.25) is 4.79 Å². The van der Waals surface area contributed by atoms with Crippen molar-refractivity contribution < 1.29 is 14.6 Å². The zero-order chi connectivity index (χ0) is 11.1. The standard InChI is InChI=1S/C11H21NO3/c1-2-3-7-15-8-6-12-10-5-4-9(10)11(13)14/h9-10,12H,2-8H2,1H3,(H,13,14). The van der Waals surface area contributed by atoms with Gasteiger partial charge >= 0.3 is 5.97 Å². The summed E-state index contributed by atoms with van der Waals surface area (Å²) in [6.07, 6.45) is 4.04. The van der Waals surface area contributed by atoms with Gasteiger partial charge in [0.25, 0.3) is 0 Å². The van der Waals surface area contributed by atoms with Gasteiger partial charge in [-0.1, -0.05) is 13.3 Å². The summed E-state index contributed by atoms with van der Waals surface area (Å²) in [5.74, 6) is -0.855. The second kappa shape index (κ2) is 6.80. The van der Waals surface area contributed by atoms with Gasteiger partial charge in [-0.25, -0.2) is 0 Å². The van der Waals surface area contributed by atoms with Crippen molar-refractivity contribution in [3.05, 3.63) is 0 Å². The largest absolute Gasteiger partial charge is 0.481 e. The highest BCUT2D eigenvalue weighted by molar-refractivity contribution is 5.72. The molecule has 2 unspecified atom stereocenters. The Kier molecular flexibility index (Phi) is 5.65. The van der Waals surface area contributed by atoms with Crippen molar-refractivity contribution in [2.75, 3.05) is 19.8 Å². The highest BCUT2D eigenvalue weighted by Crippen LogP contribution is 2.27. The molecule has 1 aliphatic rings. The highest BCUT2D eigenvalue weighted by atomic mass is 16.5. The van der Waals surface area contributed by atoms with Crippen LogP contribution in [0, 0.1) is 5.92 Å². The molecule has 1 rings (SSSR count). The molecule has 0 saturated heterocycles. The van der Waals surface area contributed by atoms with Gasteiger partial charge in [-0.05, 0) is 19.3 Å². The number of carboxylic acids is 1. The maximum atomic E-state index is 10.7. The van der Waals surface area contributed by atoms with Gasteiger partial charge in [0.15, 0.2) is 0 Å². The zero-order valence-electron chi connectivity index (χ0n) is 9.37. The summed E-state index contributed by atoms with van der Waals surface area (Å²) in [6.45, 7) is 4.39. The van der Waals surface area contributed by atoms with Gasteiger partial charge in [0.1, 0.15) is 0 Å². The summed E-state index contributed by atoms with van der Waals surface area (Å²) in [6, 6.07) is 0.164. The lowest BCUT2D eigenvalue weighted by Gasteiger charge is -2.34. The van der Waals surface area contributed by atoms with Crippen LogP contribution in [-0.2, 0) is 9.53 Å². The number of carboxylic acid groups (broad SMARTS) is 1. The van der Waals surface area contributed by atoms with Crippen LogP contribution in [0.4, 0.5) is 0 Å². The second-order valence-corrected chi connectivity index (χ2v) is 4.05. The topological polar surface area (TPSA) is 58.6 Å². The number of ether oxygens (including phenoxy) is 1. The van der Waals surface area contributed by atoms with Crippen LogP contribution in [0.5, 0.6) is 0 Å². The molecule has 0 amide bonds. The Bertz CT molecular complexity index is 196. The minimum Gasteiger partial charge on any atom is -0.481 e. The van der Waals surface area contributed by atoms with Gasteiger partial charge in [0, 0.05) is 19.2 Å². The Morgan fingerprint density at radius 2 is 2.27 bits per heavy atom. The summed E-state index contributed by atoms with van der Waals surface area (Å²) < 4.78 is 5.38. The lowest BCUT2D eigenvalue weighted by atomic mass is 9.79. The van der Waals surface area contributed by atoms with Crippen LogP contribution in [0.15, 0.2) is 0 Å². The van der Waals surface area contributed by atoms with Crippen molar-refractivity contribution in [2.45, 2.75) is 38.6 Å². The Morgan fingerprint density at radius 3 is 2.80 bits per heavy atom. The Morgan fingerprint density at radius 1 is 1.47 bits per heavy atom. The molecule has 1 fully saturated rings. The predicted octanol–water partition coefficient (Wildman–Crippen LogP) is 1.26. The van der Waals surface area contributed by atoms with Crippen LogP contribution in [0.25, 0.3) is 0 Å². The van der Waals surface area contributed by atoms with Crippen molar-refractivity contribution in [2.24, 2.45) is 5.92 Å². The fraction of sp³-hybridized carbons (Fsp3) is 0.909. The van der Waals surface area contributed by atoms with E-state index in [0.29, 0.717) is 6.61 Å².